The van der Waals surface area contributed by atoms with Gasteiger partial charge in [0.05, 0.1) is 0 Å². The van der Waals surface area contributed by atoms with Crippen molar-refractivity contribution in [1.82, 2.24) is 0 Å². The Morgan fingerprint density at radius 2 is 1.44 bits per heavy atom. The first-order valence-corrected chi connectivity index (χ1v) is 8.44. The topological polar surface area (TPSA) is 0 Å². The fraction of sp³-hybridized carbons (Fsp3) is 0.889. The van der Waals surface area contributed by atoms with E-state index in [1.807, 2.05) is 0 Å². The summed E-state index contributed by atoms with van der Waals surface area (Å²) in [5.74, 6) is 1.77. The van der Waals surface area contributed by atoms with Crippen molar-refractivity contribution < 1.29 is 0 Å². The zero-order chi connectivity index (χ0) is 13.6. The quantitative estimate of drug-likeness (QED) is 0.337. The lowest BCUT2D eigenvalue weighted by Gasteiger charge is -2.13. The van der Waals surface area contributed by atoms with Crippen LogP contribution in [0.15, 0.2) is 12.2 Å². The minimum atomic E-state index is 0.846. The average molecular weight is 252 g/mol. The maximum Gasteiger partial charge on any atom is -0.0234 e. The van der Waals surface area contributed by atoms with E-state index in [1.54, 1.807) is 0 Å². The molecule has 0 heteroatoms. The second-order valence-corrected chi connectivity index (χ2v) is 5.77. The van der Waals surface area contributed by atoms with Gasteiger partial charge in [-0.15, -0.1) is 0 Å². The molecular formula is C18H36. The molecule has 0 amide bonds. The molecule has 0 spiro atoms. The van der Waals surface area contributed by atoms with Crippen LogP contribution in [0.5, 0.6) is 0 Å². The smallest absolute Gasteiger partial charge is 0.0234 e. The summed E-state index contributed by atoms with van der Waals surface area (Å²) in [7, 11) is 0. The lowest BCUT2D eigenvalue weighted by molar-refractivity contribution is 0.452. The summed E-state index contributed by atoms with van der Waals surface area (Å²) in [5, 5.41) is 0. The molecule has 0 nitrogen and oxygen atoms in total. The van der Waals surface area contributed by atoms with Crippen molar-refractivity contribution in [2.24, 2.45) is 11.8 Å². The van der Waals surface area contributed by atoms with Crippen molar-refractivity contribution in [2.75, 3.05) is 0 Å². The van der Waals surface area contributed by atoms with Crippen molar-refractivity contribution in [3.63, 3.8) is 0 Å². The van der Waals surface area contributed by atoms with Gasteiger partial charge >= 0.3 is 0 Å². The monoisotopic (exact) mass is 252 g/mol. The standard InChI is InChI=1S/C18H36/c1-5-9-13-17(8-4)15-11-16-18(12-7-3)14-10-6-2/h11,16-18H,5-10,12-15H2,1-4H3/b16-11+. The van der Waals surface area contributed by atoms with Crippen molar-refractivity contribution in [2.45, 2.75) is 91.9 Å². The minimum absolute atomic E-state index is 0.846. The van der Waals surface area contributed by atoms with Gasteiger partial charge in [-0.3, -0.25) is 0 Å². The minimum Gasteiger partial charge on any atom is -0.0880 e. The Balaban J connectivity index is 3.97. The van der Waals surface area contributed by atoms with E-state index < -0.39 is 0 Å². The first-order chi connectivity index (χ1) is 8.78. The van der Waals surface area contributed by atoms with Crippen molar-refractivity contribution in [1.29, 1.82) is 0 Å². The molecule has 0 N–H and O–H groups in total. The van der Waals surface area contributed by atoms with Crippen LogP contribution in [0.25, 0.3) is 0 Å². The van der Waals surface area contributed by atoms with Crippen molar-refractivity contribution >= 4 is 0 Å². The maximum absolute atomic E-state index is 2.52. The van der Waals surface area contributed by atoms with Gasteiger partial charge < -0.3 is 0 Å². The maximum atomic E-state index is 2.52. The van der Waals surface area contributed by atoms with E-state index in [0.717, 1.165) is 11.8 Å². The highest BCUT2D eigenvalue weighted by Gasteiger charge is 2.05. The largest absolute Gasteiger partial charge is 0.0880 e. The molecule has 2 unspecified atom stereocenters. The molecule has 0 saturated heterocycles. The van der Waals surface area contributed by atoms with Crippen LogP contribution >= 0.6 is 0 Å². The molecule has 0 aliphatic rings. The van der Waals surface area contributed by atoms with E-state index in [-0.39, 0.29) is 0 Å². The van der Waals surface area contributed by atoms with E-state index in [4.69, 9.17) is 0 Å². The second kappa shape index (κ2) is 13.2. The van der Waals surface area contributed by atoms with Crippen LogP contribution in [0, 0.1) is 11.8 Å². The van der Waals surface area contributed by atoms with Crippen molar-refractivity contribution in [3.05, 3.63) is 12.2 Å². The number of unbranched alkanes of at least 4 members (excludes halogenated alkanes) is 2. The van der Waals surface area contributed by atoms with Crippen LogP contribution in [-0.2, 0) is 0 Å². The third-order valence-corrected chi connectivity index (χ3v) is 4.01. The highest BCUT2D eigenvalue weighted by Crippen LogP contribution is 2.20. The van der Waals surface area contributed by atoms with Gasteiger partial charge in [0.1, 0.15) is 0 Å². The number of hydrogen-bond donors (Lipinski definition) is 0. The lowest BCUT2D eigenvalue weighted by Crippen LogP contribution is -1.99. The summed E-state index contributed by atoms with van der Waals surface area (Å²) in [5.41, 5.74) is 0. The molecule has 0 aliphatic carbocycles. The Hall–Kier alpha value is -0.260. The van der Waals surface area contributed by atoms with Gasteiger partial charge in [0.25, 0.3) is 0 Å². The summed E-state index contributed by atoms with van der Waals surface area (Å²) in [6, 6.07) is 0. The van der Waals surface area contributed by atoms with Crippen LogP contribution in [0.1, 0.15) is 91.9 Å². The third kappa shape index (κ3) is 9.74. The Labute approximate surface area is 116 Å². The molecule has 0 radical (unpaired) electrons. The number of rotatable bonds is 12. The fourth-order valence-corrected chi connectivity index (χ4v) is 2.62. The molecular weight excluding hydrogens is 216 g/mol. The van der Waals surface area contributed by atoms with Gasteiger partial charge in [0.2, 0.25) is 0 Å². The van der Waals surface area contributed by atoms with Crippen molar-refractivity contribution in [3.8, 4) is 0 Å². The van der Waals surface area contributed by atoms with Gasteiger partial charge in [-0.05, 0) is 31.1 Å². The van der Waals surface area contributed by atoms with Crippen LogP contribution in [0.3, 0.4) is 0 Å². The normalized spacial score (nSPS) is 15.1. The fourth-order valence-electron chi connectivity index (χ4n) is 2.62. The van der Waals surface area contributed by atoms with E-state index in [1.165, 1.54) is 64.2 Å². The van der Waals surface area contributed by atoms with Gasteiger partial charge in [-0.1, -0.05) is 84.8 Å². The lowest BCUT2D eigenvalue weighted by atomic mass is 9.92. The Morgan fingerprint density at radius 3 is 2.00 bits per heavy atom. The van der Waals surface area contributed by atoms with Crippen LogP contribution in [0.4, 0.5) is 0 Å². The molecule has 0 aromatic carbocycles. The predicted octanol–water partition coefficient (Wildman–Crippen LogP) is 6.76. The van der Waals surface area contributed by atoms with Gasteiger partial charge in [-0.25, -0.2) is 0 Å². The molecule has 18 heavy (non-hydrogen) atoms. The first-order valence-electron chi connectivity index (χ1n) is 8.44. The van der Waals surface area contributed by atoms with Gasteiger partial charge in [0.15, 0.2) is 0 Å². The molecule has 0 aromatic rings. The van der Waals surface area contributed by atoms with E-state index in [9.17, 15) is 0 Å². The number of hydrogen-bond acceptors (Lipinski definition) is 0. The third-order valence-electron chi connectivity index (χ3n) is 4.01. The first kappa shape index (κ1) is 17.7. The molecule has 108 valence electrons. The summed E-state index contributed by atoms with van der Waals surface area (Å²) in [4.78, 5) is 0. The predicted molar refractivity (Wildman–Crippen MR) is 85.0 cm³/mol. The Morgan fingerprint density at radius 1 is 0.778 bits per heavy atom. The SMILES string of the molecule is CCCCC(/C=C/CC(CC)CCCC)CCC. The second-order valence-electron chi connectivity index (χ2n) is 5.77. The van der Waals surface area contributed by atoms with Gasteiger partial charge in [-0.2, -0.15) is 0 Å². The van der Waals surface area contributed by atoms with E-state index >= 15 is 0 Å². The Kier molecular flexibility index (Phi) is 13.0. The molecule has 0 aliphatic heterocycles. The molecule has 0 fully saturated rings. The van der Waals surface area contributed by atoms with Crippen LogP contribution in [0.2, 0.25) is 0 Å². The molecule has 2 atom stereocenters. The summed E-state index contributed by atoms with van der Waals surface area (Å²) in [6.45, 7) is 9.24. The highest BCUT2D eigenvalue weighted by atomic mass is 14.1. The summed E-state index contributed by atoms with van der Waals surface area (Å²) in [6.07, 6.45) is 18.7. The van der Waals surface area contributed by atoms with Gasteiger partial charge in [0, 0.05) is 0 Å². The zero-order valence-electron chi connectivity index (χ0n) is 13.4. The molecule has 0 heterocycles. The molecule has 0 rings (SSSR count). The van der Waals surface area contributed by atoms with Crippen LogP contribution < -0.4 is 0 Å². The average Bonchev–Trinajstić information content (AvgIpc) is 2.39. The van der Waals surface area contributed by atoms with E-state index in [0.29, 0.717) is 0 Å². The van der Waals surface area contributed by atoms with Crippen LogP contribution in [-0.4, -0.2) is 0 Å². The molecule has 0 saturated carbocycles. The molecule has 0 aromatic heterocycles. The summed E-state index contributed by atoms with van der Waals surface area (Å²) >= 11 is 0. The molecule has 0 bridgehead atoms. The summed E-state index contributed by atoms with van der Waals surface area (Å²) < 4.78 is 0. The highest BCUT2D eigenvalue weighted by molar-refractivity contribution is 4.89. The Bertz CT molecular complexity index is 180. The van der Waals surface area contributed by atoms with E-state index in [2.05, 4.69) is 39.8 Å². The number of allylic oxidation sites excluding steroid dienone is 2. The zero-order valence-corrected chi connectivity index (χ0v) is 13.4.